The second-order valence-electron chi connectivity index (χ2n) is 5.71. The Morgan fingerprint density at radius 2 is 1.96 bits per heavy atom. The van der Waals surface area contributed by atoms with Crippen LogP contribution in [0.1, 0.15) is 0 Å². The summed E-state index contributed by atoms with van der Waals surface area (Å²) in [6.45, 7) is 1.50. The molecule has 3 N–H and O–H groups in total. The van der Waals surface area contributed by atoms with E-state index in [1.807, 2.05) is 23.1 Å². The highest BCUT2D eigenvalue weighted by atomic mass is 35.5. The van der Waals surface area contributed by atoms with E-state index in [1.165, 1.54) is 7.11 Å². The smallest absolute Gasteiger partial charge is 0.323 e. The van der Waals surface area contributed by atoms with Gasteiger partial charge in [-0.25, -0.2) is 4.79 Å². The van der Waals surface area contributed by atoms with Crippen molar-refractivity contribution in [2.75, 3.05) is 42.3 Å². The van der Waals surface area contributed by atoms with Crippen molar-refractivity contribution in [2.45, 2.75) is 0 Å². The van der Waals surface area contributed by atoms with E-state index in [0.29, 0.717) is 35.2 Å². The van der Waals surface area contributed by atoms with Crippen molar-refractivity contribution in [1.29, 1.82) is 0 Å². The number of hydrogen-bond donors (Lipinski definition) is 3. The lowest BCUT2D eigenvalue weighted by atomic mass is 10.2. The van der Waals surface area contributed by atoms with Gasteiger partial charge >= 0.3 is 6.03 Å². The van der Waals surface area contributed by atoms with E-state index in [2.05, 4.69) is 16.0 Å². The number of urea groups is 1. The number of nitrogens with one attached hydrogen (secondary N) is 3. The van der Waals surface area contributed by atoms with Crippen molar-refractivity contribution in [3.8, 4) is 5.75 Å². The molecule has 0 unspecified atom stereocenters. The molecule has 1 fully saturated rings. The van der Waals surface area contributed by atoms with Crippen LogP contribution in [0.25, 0.3) is 0 Å². The molecule has 0 bridgehead atoms. The van der Waals surface area contributed by atoms with E-state index in [9.17, 15) is 9.59 Å². The molecule has 3 rings (SSSR count). The summed E-state index contributed by atoms with van der Waals surface area (Å²) in [5, 5.41) is 8.83. The number of para-hydroxylation sites is 2. The Balaban J connectivity index is 1.76. The van der Waals surface area contributed by atoms with Gasteiger partial charge in [-0.3, -0.25) is 4.79 Å². The molecule has 1 aliphatic heterocycles. The Bertz CT molecular complexity index is 828. The highest BCUT2D eigenvalue weighted by Crippen LogP contribution is 2.29. The SMILES string of the molecule is COc1ccc(Cl)cc1NC(=O)Nc1ccccc1N1CCNC(=O)C1. The number of rotatable bonds is 4. The van der Waals surface area contributed by atoms with Crippen molar-refractivity contribution in [2.24, 2.45) is 0 Å². The fraction of sp³-hybridized carbons (Fsp3) is 0.222. The summed E-state index contributed by atoms with van der Waals surface area (Å²) >= 11 is 5.99. The van der Waals surface area contributed by atoms with Gasteiger partial charge in [0.25, 0.3) is 0 Å². The molecular weight excluding hydrogens is 356 g/mol. The zero-order valence-electron chi connectivity index (χ0n) is 14.2. The first kappa shape index (κ1) is 17.9. The van der Waals surface area contributed by atoms with Gasteiger partial charge in [0, 0.05) is 18.1 Å². The van der Waals surface area contributed by atoms with Gasteiger partial charge in [0.1, 0.15) is 5.75 Å². The van der Waals surface area contributed by atoms with E-state index < -0.39 is 6.03 Å². The molecule has 1 heterocycles. The summed E-state index contributed by atoms with van der Waals surface area (Å²) in [7, 11) is 1.52. The van der Waals surface area contributed by atoms with Crippen molar-refractivity contribution in [3.05, 3.63) is 47.5 Å². The maximum Gasteiger partial charge on any atom is 0.323 e. The Morgan fingerprint density at radius 3 is 2.73 bits per heavy atom. The lowest BCUT2D eigenvalue weighted by Gasteiger charge is -2.30. The van der Waals surface area contributed by atoms with Gasteiger partial charge in [-0.05, 0) is 30.3 Å². The lowest BCUT2D eigenvalue weighted by molar-refractivity contribution is -0.120. The average Bonchev–Trinajstić information content (AvgIpc) is 2.62. The van der Waals surface area contributed by atoms with Gasteiger partial charge in [-0.2, -0.15) is 0 Å². The number of nitrogens with zero attached hydrogens (tertiary/aromatic N) is 1. The van der Waals surface area contributed by atoms with Crippen LogP contribution in [0.15, 0.2) is 42.5 Å². The molecule has 7 nitrogen and oxygen atoms in total. The van der Waals surface area contributed by atoms with Crippen LogP contribution in [-0.2, 0) is 4.79 Å². The highest BCUT2D eigenvalue weighted by Gasteiger charge is 2.19. The van der Waals surface area contributed by atoms with E-state index in [1.54, 1.807) is 24.3 Å². The van der Waals surface area contributed by atoms with Crippen LogP contribution < -0.4 is 25.6 Å². The number of carbonyl (C=O) groups excluding carboxylic acids is 2. The third-order valence-electron chi connectivity index (χ3n) is 3.94. The maximum absolute atomic E-state index is 12.4. The van der Waals surface area contributed by atoms with Gasteiger partial charge in [0.05, 0.1) is 30.7 Å². The summed E-state index contributed by atoms with van der Waals surface area (Å²) in [5.41, 5.74) is 1.86. The molecule has 8 heteroatoms. The Morgan fingerprint density at radius 1 is 1.19 bits per heavy atom. The Labute approximate surface area is 156 Å². The van der Waals surface area contributed by atoms with Crippen LogP contribution in [-0.4, -0.2) is 38.7 Å². The second kappa shape index (κ2) is 7.97. The molecule has 136 valence electrons. The van der Waals surface area contributed by atoms with Gasteiger partial charge < -0.3 is 25.6 Å². The third-order valence-corrected chi connectivity index (χ3v) is 4.18. The standard InChI is InChI=1S/C18H19ClN4O3/c1-26-16-7-6-12(19)10-14(16)22-18(25)21-13-4-2-3-5-15(13)23-9-8-20-17(24)11-23/h2-7,10H,8-9,11H2,1H3,(H,20,24)(H2,21,22,25). The zero-order chi connectivity index (χ0) is 18.5. The minimum absolute atomic E-state index is 0.0424. The average molecular weight is 375 g/mol. The Hall–Kier alpha value is -2.93. The normalized spacial score (nSPS) is 13.8. The number of amides is 3. The molecule has 0 aromatic heterocycles. The molecule has 2 aromatic carbocycles. The van der Waals surface area contributed by atoms with Crippen LogP contribution in [0.2, 0.25) is 5.02 Å². The number of benzene rings is 2. The Kier molecular flexibility index (Phi) is 5.48. The number of halogens is 1. The van der Waals surface area contributed by atoms with Crippen molar-refractivity contribution in [3.63, 3.8) is 0 Å². The summed E-state index contributed by atoms with van der Waals surface area (Å²) in [4.78, 5) is 26.0. The molecule has 1 aliphatic rings. The van der Waals surface area contributed by atoms with Crippen molar-refractivity contribution < 1.29 is 14.3 Å². The molecule has 0 saturated carbocycles. The van der Waals surface area contributed by atoms with Gasteiger partial charge in [0.2, 0.25) is 5.91 Å². The van der Waals surface area contributed by atoms with E-state index >= 15 is 0 Å². The summed E-state index contributed by atoms with van der Waals surface area (Å²) in [5.74, 6) is 0.463. The quantitative estimate of drug-likeness (QED) is 0.768. The number of piperazine rings is 1. The van der Waals surface area contributed by atoms with E-state index in [0.717, 1.165) is 5.69 Å². The number of methoxy groups -OCH3 is 1. The molecule has 0 aliphatic carbocycles. The predicted octanol–water partition coefficient (Wildman–Crippen LogP) is 2.93. The van der Waals surface area contributed by atoms with Crippen LogP contribution in [0, 0.1) is 0 Å². The second-order valence-corrected chi connectivity index (χ2v) is 6.15. The number of carbonyl (C=O) groups is 2. The van der Waals surface area contributed by atoms with Crippen LogP contribution in [0.5, 0.6) is 5.75 Å². The topological polar surface area (TPSA) is 82.7 Å². The summed E-state index contributed by atoms with van der Waals surface area (Å²) in [6, 6.07) is 11.9. The third kappa shape index (κ3) is 4.18. The first-order chi connectivity index (χ1) is 12.6. The molecule has 0 atom stereocenters. The van der Waals surface area contributed by atoms with Gasteiger partial charge in [-0.1, -0.05) is 23.7 Å². The summed E-state index contributed by atoms with van der Waals surface area (Å²) < 4.78 is 5.23. The lowest BCUT2D eigenvalue weighted by Crippen LogP contribution is -2.48. The van der Waals surface area contributed by atoms with Crippen molar-refractivity contribution in [1.82, 2.24) is 5.32 Å². The van der Waals surface area contributed by atoms with E-state index in [-0.39, 0.29) is 12.5 Å². The number of hydrogen-bond acceptors (Lipinski definition) is 4. The van der Waals surface area contributed by atoms with Gasteiger partial charge in [-0.15, -0.1) is 0 Å². The first-order valence-electron chi connectivity index (χ1n) is 8.09. The minimum atomic E-state index is -0.431. The number of ether oxygens (including phenoxy) is 1. The highest BCUT2D eigenvalue weighted by molar-refractivity contribution is 6.31. The summed E-state index contributed by atoms with van der Waals surface area (Å²) in [6.07, 6.45) is 0. The van der Waals surface area contributed by atoms with E-state index in [4.69, 9.17) is 16.3 Å². The fourth-order valence-electron chi connectivity index (χ4n) is 2.75. The van der Waals surface area contributed by atoms with Crippen LogP contribution in [0.3, 0.4) is 0 Å². The fourth-order valence-corrected chi connectivity index (χ4v) is 2.93. The largest absolute Gasteiger partial charge is 0.495 e. The molecule has 2 aromatic rings. The zero-order valence-corrected chi connectivity index (χ0v) is 15.0. The molecule has 1 saturated heterocycles. The van der Waals surface area contributed by atoms with Crippen molar-refractivity contribution >= 4 is 40.6 Å². The first-order valence-corrected chi connectivity index (χ1v) is 8.47. The molecular formula is C18H19ClN4O3. The molecule has 26 heavy (non-hydrogen) atoms. The molecule has 0 radical (unpaired) electrons. The molecule has 0 spiro atoms. The minimum Gasteiger partial charge on any atom is -0.495 e. The van der Waals surface area contributed by atoms with Crippen LogP contribution in [0.4, 0.5) is 21.9 Å². The monoisotopic (exact) mass is 374 g/mol. The molecule has 3 amide bonds. The predicted molar refractivity (Wildman–Crippen MR) is 102 cm³/mol. The van der Waals surface area contributed by atoms with Crippen LogP contribution >= 0.6 is 11.6 Å². The number of anilines is 3. The van der Waals surface area contributed by atoms with Gasteiger partial charge in [0.15, 0.2) is 0 Å². The maximum atomic E-state index is 12.4.